The van der Waals surface area contributed by atoms with Crippen LogP contribution in [0.5, 0.6) is 0 Å². The van der Waals surface area contributed by atoms with Crippen LogP contribution in [0.3, 0.4) is 0 Å². The lowest BCUT2D eigenvalue weighted by molar-refractivity contribution is -0.132. The lowest BCUT2D eigenvalue weighted by Gasteiger charge is -2.37. The molecule has 134 valence electrons. The fourth-order valence-electron chi connectivity index (χ4n) is 4.54. The van der Waals surface area contributed by atoms with Crippen LogP contribution in [-0.4, -0.2) is 46.4 Å². The first-order chi connectivity index (χ1) is 12.2. The number of pyridine rings is 1. The Kier molecular flexibility index (Phi) is 4.75. The molecule has 2 aliphatic heterocycles. The number of carbonyl (C=O) groups excluding carboxylic acids is 1. The average molecular weight is 340 g/mol. The second-order valence-electron chi connectivity index (χ2n) is 7.62. The number of hydrogen-bond donors (Lipinski definition) is 1. The molecular formula is C20H28N4O. The minimum atomic E-state index is 0.243. The van der Waals surface area contributed by atoms with E-state index < -0.39 is 0 Å². The Bertz CT molecular complexity index is 739. The molecule has 4 heterocycles. The molecule has 1 amide bonds. The van der Waals surface area contributed by atoms with Crippen LogP contribution >= 0.6 is 0 Å². The number of aromatic nitrogens is 2. The van der Waals surface area contributed by atoms with Gasteiger partial charge in [-0.3, -0.25) is 4.79 Å². The molecular weight excluding hydrogens is 312 g/mol. The second kappa shape index (κ2) is 7.16. The van der Waals surface area contributed by atoms with Crippen LogP contribution in [0.1, 0.15) is 36.9 Å². The summed E-state index contributed by atoms with van der Waals surface area (Å²) in [7, 11) is 0. The van der Waals surface area contributed by atoms with Crippen molar-refractivity contribution < 1.29 is 4.79 Å². The molecule has 2 fully saturated rings. The highest BCUT2D eigenvalue weighted by Crippen LogP contribution is 2.31. The molecule has 2 aromatic rings. The molecule has 0 atom stereocenters. The minimum Gasteiger partial charge on any atom is -0.342 e. The number of rotatable bonds is 3. The van der Waals surface area contributed by atoms with Gasteiger partial charge < -0.3 is 14.6 Å². The van der Waals surface area contributed by atoms with Crippen molar-refractivity contribution in [3.63, 3.8) is 0 Å². The lowest BCUT2D eigenvalue weighted by atomic mass is 9.79. The van der Waals surface area contributed by atoms with E-state index in [0.717, 1.165) is 54.9 Å². The maximum Gasteiger partial charge on any atom is 0.228 e. The fraction of sp³-hybridized carbons (Fsp3) is 0.600. The van der Waals surface area contributed by atoms with E-state index in [1.807, 2.05) is 18.5 Å². The smallest absolute Gasteiger partial charge is 0.228 e. The molecule has 0 aliphatic carbocycles. The Morgan fingerprint density at radius 3 is 2.68 bits per heavy atom. The minimum absolute atomic E-state index is 0.243. The zero-order valence-electron chi connectivity index (χ0n) is 15.1. The van der Waals surface area contributed by atoms with Crippen LogP contribution in [0.15, 0.2) is 24.5 Å². The van der Waals surface area contributed by atoms with Gasteiger partial charge in [0.1, 0.15) is 5.65 Å². The normalized spacial score (nSPS) is 20.3. The van der Waals surface area contributed by atoms with Crippen LogP contribution in [0, 0.1) is 18.8 Å². The standard InChI is InChI=1S/C20H28N4O/c1-15-3-2-10-24-18(14-22-20(15)24)13-19(25)23-11-6-17(7-12-23)16-4-8-21-9-5-16/h2-3,10,14,16-17,21H,4-9,11-13H2,1H3. The summed E-state index contributed by atoms with van der Waals surface area (Å²) < 4.78 is 2.05. The van der Waals surface area contributed by atoms with Crippen LogP contribution in [-0.2, 0) is 11.2 Å². The van der Waals surface area contributed by atoms with E-state index in [-0.39, 0.29) is 5.91 Å². The van der Waals surface area contributed by atoms with Crippen LogP contribution in [0.2, 0.25) is 0 Å². The number of aryl methyl sites for hydroxylation is 1. The van der Waals surface area contributed by atoms with Gasteiger partial charge in [-0.15, -0.1) is 0 Å². The first-order valence-electron chi connectivity index (χ1n) is 9.62. The van der Waals surface area contributed by atoms with Gasteiger partial charge in [0, 0.05) is 25.5 Å². The summed E-state index contributed by atoms with van der Waals surface area (Å²) >= 11 is 0. The lowest BCUT2D eigenvalue weighted by Crippen LogP contribution is -2.42. The van der Waals surface area contributed by atoms with Crippen molar-refractivity contribution in [2.24, 2.45) is 11.8 Å². The van der Waals surface area contributed by atoms with Crippen molar-refractivity contribution >= 4 is 11.6 Å². The van der Waals surface area contributed by atoms with Crippen LogP contribution in [0.4, 0.5) is 0 Å². The third kappa shape index (κ3) is 3.43. The zero-order valence-corrected chi connectivity index (χ0v) is 15.1. The molecule has 2 aromatic heterocycles. The van der Waals surface area contributed by atoms with E-state index >= 15 is 0 Å². The number of nitrogens with one attached hydrogen (secondary N) is 1. The Morgan fingerprint density at radius 2 is 1.92 bits per heavy atom. The molecule has 0 aromatic carbocycles. The van der Waals surface area contributed by atoms with Gasteiger partial charge in [-0.05, 0) is 69.2 Å². The van der Waals surface area contributed by atoms with Crippen molar-refractivity contribution in [1.29, 1.82) is 0 Å². The molecule has 0 radical (unpaired) electrons. The Hall–Kier alpha value is -1.88. The molecule has 0 unspecified atom stereocenters. The molecule has 2 saturated heterocycles. The van der Waals surface area contributed by atoms with E-state index in [9.17, 15) is 4.79 Å². The molecule has 0 bridgehead atoms. The quantitative estimate of drug-likeness (QED) is 0.933. The number of hydrogen-bond acceptors (Lipinski definition) is 3. The zero-order chi connectivity index (χ0) is 17.2. The summed E-state index contributed by atoms with van der Waals surface area (Å²) in [6, 6.07) is 4.07. The van der Waals surface area contributed by atoms with E-state index in [0.29, 0.717) is 6.42 Å². The van der Waals surface area contributed by atoms with Crippen molar-refractivity contribution in [3.05, 3.63) is 35.8 Å². The highest BCUT2D eigenvalue weighted by atomic mass is 16.2. The Morgan fingerprint density at radius 1 is 1.20 bits per heavy atom. The Balaban J connectivity index is 1.36. The summed E-state index contributed by atoms with van der Waals surface area (Å²) in [4.78, 5) is 19.3. The summed E-state index contributed by atoms with van der Waals surface area (Å²) in [5.41, 5.74) is 3.09. The maximum atomic E-state index is 12.8. The number of fused-ring (bicyclic) bond motifs is 1. The maximum absolute atomic E-state index is 12.8. The van der Waals surface area contributed by atoms with Crippen molar-refractivity contribution in [2.75, 3.05) is 26.2 Å². The summed E-state index contributed by atoms with van der Waals surface area (Å²) in [5, 5.41) is 3.45. The highest BCUT2D eigenvalue weighted by Gasteiger charge is 2.29. The number of piperidine rings is 2. The number of amides is 1. The SMILES string of the molecule is Cc1cccn2c(CC(=O)N3CCC(C4CCNCC4)CC3)cnc12. The van der Waals surface area contributed by atoms with Gasteiger partial charge in [-0.1, -0.05) is 6.07 Å². The predicted molar refractivity (Wildman–Crippen MR) is 98.5 cm³/mol. The molecule has 4 rings (SSSR count). The second-order valence-corrected chi connectivity index (χ2v) is 7.62. The third-order valence-electron chi connectivity index (χ3n) is 6.08. The molecule has 1 N–H and O–H groups in total. The van der Waals surface area contributed by atoms with Crippen molar-refractivity contribution in [1.82, 2.24) is 19.6 Å². The van der Waals surface area contributed by atoms with Crippen molar-refractivity contribution in [2.45, 2.75) is 39.0 Å². The van der Waals surface area contributed by atoms with E-state index in [4.69, 9.17) is 0 Å². The van der Waals surface area contributed by atoms with Gasteiger partial charge in [0.15, 0.2) is 0 Å². The summed E-state index contributed by atoms with van der Waals surface area (Å²) in [5.74, 6) is 1.91. The Labute approximate surface area is 149 Å². The highest BCUT2D eigenvalue weighted by molar-refractivity contribution is 5.78. The van der Waals surface area contributed by atoms with E-state index in [1.165, 1.54) is 25.7 Å². The summed E-state index contributed by atoms with van der Waals surface area (Å²) in [6.45, 7) is 6.22. The molecule has 5 nitrogen and oxygen atoms in total. The van der Waals surface area contributed by atoms with E-state index in [2.05, 4.69) is 32.6 Å². The molecule has 5 heteroatoms. The van der Waals surface area contributed by atoms with Gasteiger partial charge in [-0.2, -0.15) is 0 Å². The molecule has 0 saturated carbocycles. The third-order valence-corrected chi connectivity index (χ3v) is 6.08. The first kappa shape index (κ1) is 16.6. The van der Waals surface area contributed by atoms with Crippen molar-refractivity contribution in [3.8, 4) is 0 Å². The van der Waals surface area contributed by atoms with Gasteiger partial charge in [0.25, 0.3) is 0 Å². The number of nitrogens with zero attached hydrogens (tertiary/aromatic N) is 3. The van der Waals surface area contributed by atoms with Gasteiger partial charge in [-0.25, -0.2) is 4.98 Å². The monoisotopic (exact) mass is 340 g/mol. The molecule has 0 spiro atoms. The number of carbonyl (C=O) groups is 1. The van der Waals surface area contributed by atoms with Crippen LogP contribution in [0.25, 0.3) is 5.65 Å². The van der Waals surface area contributed by atoms with E-state index in [1.54, 1.807) is 0 Å². The fourth-order valence-corrected chi connectivity index (χ4v) is 4.54. The largest absolute Gasteiger partial charge is 0.342 e. The van der Waals surface area contributed by atoms with Gasteiger partial charge >= 0.3 is 0 Å². The predicted octanol–water partition coefficient (Wildman–Crippen LogP) is 2.42. The number of likely N-dealkylation sites (tertiary alicyclic amines) is 1. The molecule has 2 aliphatic rings. The summed E-state index contributed by atoms with van der Waals surface area (Å²) in [6.07, 6.45) is 9.25. The van der Waals surface area contributed by atoms with Gasteiger partial charge in [0.05, 0.1) is 12.1 Å². The average Bonchev–Trinajstić information content (AvgIpc) is 3.07. The topological polar surface area (TPSA) is 49.6 Å². The van der Waals surface area contributed by atoms with Gasteiger partial charge in [0.2, 0.25) is 5.91 Å². The first-order valence-corrected chi connectivity index (χ1v) is 9.62. The number of imidazole rings is 1. The molecule has 25 heavy (non-hydrogen) atoms. The van der Waals surface area contributed by atoms with Crippen LogP contribution < -0.4 is 5.32 Å².